The van der Waals surface area contributed by atoms with Crippen molar-refractivity contribution in [1.82, 2.24) is 10.2 Å². The van der Waals surface area contributed by atoms with Crippen LogP contribution in [0.15, 0.2) is 36.4 Å². The normalized spacial score (nSPS) is 17.9. The topological polar surface area (TPSA) is 49.4 Å². The van der Waals surface area contributed by atoms with Crippen LogP contribution in [-0.4, -0.2) is 43.8 Å². The van der Waals surface area contributed by atoms with Crippen molar-refractivity contribution in [3.63, 3.8) is 0 Å². The molecule has 0 spiro atoms. The average Bonchev–Trinajstić information content (AvgIpc) is 2.60. The summed E-state index contributed by atoms with van der Waals surface area (Å²) in [6.07, 6.45) is 2.01. The van der Waals surface area contributed by atoms with Crippen LogP contribution < -0.4 is 5.32 Å². The minimum atomic E-state index is -0.0136. The molecule has 4 heteroatoms. The van der Waals surface area contributed by atoms with Crippen LogP contribution in [-0.2, 0) is 0 Å². The first kappa shape index (κ1) is 15.7. The number of carbonyl (C=O) groups excluding carboxylic acids is 2. The molecule has 1 heterocycles. The molecule has 0 bridgehead atoms. The van der Waals surface area contributed by atoms with Gasteiger partial charge in [0.1, 0.15) is 0 Å². The van der Waals surface area contributed by atoms with Gasteiger partial charge in [0.25, 0.3) is 5.91 Å². The van der Waals surface area contributed by atoms with Gasteiger partial charge in [-0.1, -0.05) is 18.2 Å². The minimum absolute atomic E-state index is 0.0136. The lowest BCUT2D eigenvalue weighted by atomic mass is 9.90. The highest BCUT2D eigenvalue weighted by Gasteiger charge is 2.22. The van der Waals surface area contributed by atoms with Crippen LogP contribution in [0.25, 0.3) is 10.8 Å². The molecule has 1 unspecified atom stereocenters. The Balaban J connectivity index is 1.89. The van der Waals surface area contributed by atoms with Gasteiger partial charge in [0.15, 0.2) is 5.78 Å². The lowest BCUT2D eigenvalue weighted by Gasteiger charge is -2.21. The third-order valence-corrected chi connectivity index (χ3v) is 4.45. The van der Waals surface area contributed by atoms with E-state index in [0.717, 1.165) is 42.3 Å². The summed E-state index contributed by atoms with van der Waals surface area (Å²) in [6, 6.07) is 11.4. The van der Waals surface area contributed by atoms with Crippen LogP contribution in [0.2, 0.25) is 0 Å². The first-order chi connectivity index (χ1) is 11.1. The lowest BCUT2D eigenvalue weighted by Crippen LogP contribution is -2.34. The molecule has 0 aromatic heterocycles. The SMILES string of the molecule is CN(C)C(=O)c1ccc2cc(C(=O)C3CCCNC3)ccc2c1. The van der Waals surface area contributed by atoms with E-state index < -0.39 is 0 Å². The molecule has 2 aromatic carbocycles. The molecule has 23 heavy (non-hydrogen) atoms. The highest BCUT2D eigenvalue weighted by molar-refractivity contribution is 6.03. The van der Waals surface area contributed by atoms with Crippen molar-refractivity contribution in [2.24, 2.45) is 5.92 Å². The number of amides is 1. The summed E-state index contributed by atoms with van der Waals surface area (Å²) in [5, 5.41) is 5.27. The van der Waals surface area contributed by atoms with E-state index in [-0.39, 0.29) is 17.6 Å². The van der Waals surface area contributed by atoms with Gasteiger partial charge < -0.3 is 10.2 Å². The van der Waals surface area contributed by atoms with E-state index in [1.54, 1.807) is 19.0 Å². The highest BCUT2D eigenvalue weighted by Crippen LogP contribution is 2.22. The Bertz CT molecular complexity index is 746. The molecule has 3 rings (SSSR count). The smallest absolute Gasteiger partial charge is 0.253 e. The van der Waals surface area contributed by atoms with Gasteiger partial charge >= 0.3 is 0 Å². The molecule has 4 nitrogen and oxygen atoms in total. The second-order valence-electron chi connectivity index (χ2n) is 6.38. The Morgan fingerprint density at radius 1 is 1.04 bits per heavy atom. The number of nitrogens with zero attached hydrogens (tertiary/aromatic N) is 1. The fourth-order valence-corrected chi connectivity index (χ4v) is 3.10. The fraction of sp³-hybridized carbons (Fsp3) is 0.368. The quantitative estimate of drug-likeness (QED) is 0.887. The monoisotopic (exact) mass is 310 g/mol. The van der Waals surface area contributed by atoms with E-state index in [4.69, 9.17) is 0 Å². The van der Waals surface area contributed by atoms with Gasteiger partial charge in [-0.05, 0) is 48.4 Å². The Kier molecular flexibility index (Phi) is 4.44. The third-order valence-electron chi connectivity index (χ3n) is 4.45. The van der Waals surface area contributed by atoms with Gasteiger partial charge in [0.05, 0.1) is 0 Å². The van der Waals surface area contributed by atoms with Crippen molar-refractivity contribution in [3.8, 4) is 0 Å². The van der Waals surface area contributed by atoms with E-state index in [9.17, 15) is 9.59 Å². The van der Waals surface area contributed by atoms with Gasteiger partial charge in [0, 0.05) is 37.7 Å². The fourth-order valence-electron chi connectivity index (χ4n) is 3.10. The number of rotatable bonds is 3. The molecule has 120 valence electrons. The summed E-state index contributed by atoms with van der Waals surface area (Å²) < 4.78 is 0. The second kappa shape index (κ2) is 6.50. The summed E-state index contributed by atoms with van der Waals surface area (Å²) in [5.41, 5.74) is 1.43. The predicted octanol–water partition coefficient (Wildman–Crippen LogP) is 2.72. The molecule has 0 saturated carbocycles. The molecule has 0 aliphatic carbocycles. The van der Waals surface area contributed by atoms with E-state index in [1.165, 1.54) is 0 Å². The minimum Gasteiger partial charge on any atom is -0.345 e. The first-order valence-electron chi connectivity index (χ1n) is 8.06. The maximum absolute atomic E-state index is 12.6. The van der Waals surface area contributed by atoms with Crippen LogP contribution in [0.4, 0.5) is 0 Å². The van der Waals surface area contributed by atoms with Crippen molar-refractivity contribution >= 4 is 22.5 Å². The van der Waals surface area contributed by atoms with Crippen LogP contribution in [0.3, 0.4) is 0 Å². The summed E-state index contributed by atoms with van der Waals surface area (Å²) in [5.74, 6) is 0.281. The van der Waals surface area contributed by atoms with Gasteiger partial charge in [0.2, 0.25) is 0 Å². The maximum atomic E-state index is 12.6. The number of hydrogen-bond acceptors (Lipinski definition) is 3. The number of ketones is 1. The summed E-state index contributed by atoms with van der Waals surface area (Å²) in [6.45, 7) is 1.78. The van der Waals surface area contributed by atoms with Crippen LogP contribution in [0.1, 0.15) is 33.6 Å². The van der Waals surface area contributed by atoms with Crippen LogP contribution in [0, 0.1) is 5.92 Å². The molecule has 1 amide bonds. The number of piperidine rings is 1. The van der Waals surface area contributed by atoms with Gasteiger partial charge in [-0.25, -0.2) is 0 Å². The Morgan fingerprint density at radius 2 is 1.70 bits per heavy atom. The number of Topliss-reactive ketones (excluding diaryl/α,β-unsaturated/α-hetero) is 1. The molecule has 0 radical (unpaired) electrons. The summed E-state index contributed by atoms with van der Waals surface area (Å²) in [7, 11) is 3.49. The van der Waals surface area contributed by atoms with Crippen molar-refractivity contribution in [2.45, 2.75) is 12.8 Å². The van der Waals surface area contributed by atoms with Gasteiger partial charge in [-0.3, -0.25) is 9.59 Å². The maximum Gasteiger partial charge on any atom is 0.253 e. The van der Waals surface area contributed by atoms with Gasteiger partial charge in [-0.2, -0.15) is 0 Å². The molecule has 2 aromatic rings. The molecule has 1 fully saturated rings. The highest BCUT2D eigenvalue weighted by atomic mass is 16.2. The largest absolute Gasteiger partial charge is 0.345 e. The molecular weight excluding hydrogens is 288 g/mol. The zero-order valence-corrected chi connectivity index (χ0v) is 13.6. The number of hydrogen-bond donors (Lipinski definition) is 1. The molecule has 1 saturated heterocycles. The van der Waals surface area contributed by atoms with E-state index in [2.05, 4.69) is 5.32 Å². The van der Waals surface area contributed by atoms with Crippen molar-refractivity contribution in [1.29, 1.82) is 0 Å². The number of carbonyl (C=O) groups is 2. The van der Waals surface area contributed by atoms with E-state index in [1.807, 2.05) is 36.4 Å². The molecule has 1 aliphatic rings. The second-order valence-corrected chi connectivity index (χ2v) is 6.38. The summed E-state index contributed by atoms with van der Waals surface area (Å²) in [4.78, 5) is 26.2. The van der Waals surface area contributed by atoms with E-state index in [0.29, 0.717) is 5.56 Å². The standard InChI is InChI=1S/C19H22N2O2/c1-21(2)19(23)16-8-6-13-10-15(7-5-14(13)11-16)18(22)17-4-3-9-20-12-17/h5-8,10-11,17,20H,3-4,9,12H2,1-2H3. The zero-order valence-electron chi connectivity index (χ0n) is 13.6. The lowest BCUT2D eigenvalue weighted by molar-refractivity contribution is 0.0827. The molecule has 1 aliphatic heterocycles. The van der Waals surface area contributed by atoms with E-state index >= 15 is 0 Å². The number of fused-ring (bicyclic) bond motifs is 1. The average molecular weight is 310 g/mol. The van der Waals surface area contributed by atoms with Crippen LogP contribution >= 0.6 is 0 Å². The first-order valence-corrected chi connectivity index (χ1v) is 8.06. The number of nitrogens with one attached hydrogen (secondary N) is 1. The summed E-state index contributed by atoms with van der Waals surface area (Å²) >= 11 is 0. The van der Waals surface area contributed by atoms with Gasteiger partial charge in [-0.15, -0.1) is 0 Å². The third kappa shape index (κ3) is 3.27. The Labute approximate surface area is 136 Å². The van der Waals surface area contributed by atoms with Crippen LogP contribution in [0.5, 0.6) is 0 Å². The molecule has 1 atom stereocenters. The zero-order chi connectivity index (χ0) is 16.4. The predicted molar refractivity (Wildman–Crippen MR) is 91.9 cm³/mol. The van der Waals surface area contributed by atoms with Crippen molar-refractivity contribution < 1.29 is 9.59 Å². The Hall–Kier alpha value is -2.20. The molecular formula is C19H22N2O2. The molecule has 1 N–H and O–H groups in total. The number of benzene rings is 2. The van der Waals surface area contributed by atoms with Crippen molar-refractivity contribution in [3.05, 3.63) is 47.5 Å². The Morgan fingerprint density at radius 3 is 2.30 bits per heavy atom. The van der Waals surface area contributed by atoms with Crippen molar-refractivity contribution in [2.75, 3.05) is 27.2 Å².